The molecule has 0 aliphatic carbocycles. The van der Waals surface area contributed by atoms with Crippen molar-refractivity contribution in [2.45, 2.75) is 17.2 Å². The van der Waals surface area contributed by atoms with Crippen LogP contribution in [0.1, 0.15) is 11.1 Å². The maximum absolute atomic E-state index is 13.2. The Morgan fingerprint density at radius 2 is 1.68 bits per heavy atom. The summed E-state index contributed by atoms with van der Waals surface area (Å²) < 4.78 is 37.7. The highest BCUT2D eigenvalue weighted by atomic mass is 32.2. The van der Waals surface area contributed by atoms with Gasteiger partial charge in [-0.3, -0.25) is 0 Å². The molecule has 0 unspecified atom stereocenters. The number of benzene rings is 2. The third-order valence-corrected chi connectivity index (χ3v) is 4.52. The molecule has 0 spiro atoms. The molecule has 0 atom stereocenters. The third-order valence-electron chi connectivity index (χ3n) is 2.84. The van der Waals surface area contributed by atoms with Crippen LogP contribution in [-0.4, -0.2) is 8.42 Å². The van der Waals surface area contributed by atoms with E-state index in [9.17, 15) is 12.8 Å². The molecule has 2 rings (SSSR count). The predicted molar refractivity (Wildman–Crippen MR) is 71.6 cm³/mol. The van der Waals surface area contributed by atoms with Crippen LogP contribution in [0.2, 0.25) is 0 Å². The number of nitrogens with two attached hydrogens (primary N) is 1. The first-order valence-electron chi connectivity index (χ1n) is 5.78. The number of hydrogen-bond acceptors (Lipinski definition) is 3. The molecule has 3 nitrogen and oxygen atoms in total. The molecule has 19 heavy (non-hydrogen) atoms. The third kappa shape index (κ3) is 3.19. The summed E-state index contributed by atoms with van der Waals surface area (Å²) in [7, 11) is -3.48. The zero-order valence-electron chi connectivity index (χ0n) is 10.2. The van der Waals surface area contributed by atoms with Gasteiger partial charge in [-0.25, -0.2) is 12.8 Å². The van der Waals surface area contributed by atoms with Crippen molar-refractivity contribution >= 4 is 9.84 Å². The number of sulfone groups is 1. The van der Waals surface area contributed by atoms with E-state index in [0.717, 1.165) is 0 Å². The van der Waals surface area contributed by atoms with Gasteiger partial charge in [0.2, 0.25) is 0 Å². The first-order chi connectivity index (χ1) is 9.03. The number of halogens is 1. The van der Waals surface area contributed by atoms with Gasteiger partial charge < -0.3 is 5.73 Å². The van der Waals surface area contributed by atoms with Gasteiger partial charge in [-0.2, -0.15) is 0 Å². The number of rotatable bonds is 4. The molecule has 0 radical (unpaired) electrons. The first kappa shape index (κ1) is 13.7. The largest absolute Gasteiger partial charge is 0.326 e. The molecule has 0 heterocycles. The van der Waals surface area contributed by atoms with Crippen LogP contribution >= 0.6 is 0 Å². The van der Waals surface area contributed by atoms with E-state index in [1.165, 1.54) is 30.3 Å². The molecule has 0 saturated carbocycles. The Kier molecular flexibility index (Phi) is 3.97. The normalized spacial score (nSPS) is 11.5. The van der Waals surface area contributed by atoms with E-state index in [2.05, 4.69) is 0 Å². The molecule has 2 aromatic carbocycles. The lowest BCUT2D eigenvalue weighted by molar-refractivity contribution is 0.594. The Morgan fingerprint density at radius 3 is 2.32 bits per heavy atom. The fraction of sp³-hybridized carbons (Fsp3) is 0.143. The molecule has 2 aromatic rings. The van der Waals surface area contributed by atoms with Gasteiger partial charge in [0.05, 0.1) is 10.6 Å². The fourth-order valence-corrected chi connectivity index (χ4v) is 3.26. The highest BCUT2D eigenvalue weighted by molar-refractivity contribution is 7.90. The smallest absolute Gasteiger partial charge is 0.182 e. The molecule has 0 amide bonds. The lowest BCUT2D eigenvalue weighted by Crippen LogP contribution is -2.09. The van der Waals surface area contributed by atoms with Crippen molar-refractivity contribution in [2.24, 2.45) is 5.73 Å². The fourth-order valence-electron chi connectivity index (χ4n) is 1.84. The summed E-state index contributed by atoms with van der Waals surface area (Å²) in [6, 6.07) is 12.1. The SMILES string of the molecule is NCc1ccc(F)cc1CS(=O)(=O)c1ccccc1. The van der Waals surface area contributed by atoms with Gasteiger partial charge in [-0.05, 0) is 35.4 Å². The summed E-state index contributed by atoms with van der Waals surface area (Å²) in [6.07, 6.45) is 0. The Labute approximate surface area is 111 Å². The van der Waals surface area contributed by atoms with Crippen LogP contribution in [0, 0.1) is 5.82 Å². The van der Waals surface area contributed by atoms with Gasteiger partial charge in [0.1, 0.15) is 5.82 Å². The topological polar surface area (TPSA) is 60.2 Å². The highest BCUT2D eigenvalue weighted by Gasteiger charge is 2.17. The van der Waals surface area contributed by atoms with Crippen LogP contribution in [0.15, 0.2) is 53.4 Å². The molecule has 100 valence electrons. The van der Waals surface area contributed by atoms with Crippen molar-refractivity contribution in [3.63, 3.8) is 0 Å². The second kappa shape index (κ2) is 5.50. The summed E-state index contributed by atoms with van der Waals surface area (Å²) >= 11 is 0. The van der Waals surface area contributed by atoms with Crippen LogP contribution < -0.4 is 5.73 Å². The van der Waals surface area contributed by atoms with Crippen molar-refractivity contribution in [3.8, 4) is 0 Å². The molecule has 0 aromatic heterocycles. The monoisotopic (exact) mass is 279 g/mol. The second-order valence-electron chi connectivity index (χ2n) is 4.19. The maximum atomic E-state index is 13.2. The zero-order chi connectivity index (χ0) is 13.9. The summed E-state index contributed by atoms with van der Waals surface area (Å²) in [5, 5.41) is 0. The van der Waals surface area contributed by atoms with Gasteiger partial charge in [0.15, 0.2) is 9.84 Å². The minimum absolute atomic E-state index is 0.180. The van der Waals surface area contributed by atoms with E-state index in [0.29, 0.717) is 11.1 Å². The quantitative estimate of drug-likeness (QED) is 0.934. The van der Waals surface area contributed by atoms with Crippen molar-refractivity contribution < 1.29 is 12.8 Å². The molecule has 5 heteroatoms. The van der Waals surface area contributed by atoms with E-state index in [1.807, 2.05) is 0 Å². The van der Waals surface area contributed by atoms with E-state index in [4.69, 9.17) is 5.73 Å². The Morgan fingerprint density at radius 1 is 1.00 bits per heavy atom. The Balaban J connectivity index is 2.38. The van der Waals surface area contributed by atoms with Gasteiger partial charge >= 0.3 is 0 Å². The van der Waals surface area contributed by atoms with Crippen LogP contribution in [0.5, 0.6) is 0 Å². The molecule has 2 N–H and O–H groups in total. The molecule has 0 aliphatic heterocycles. The second-order valence-corrected chi connectivity index (χ2v) is 6.18. The lowest BCUT2D eigenvalue weighted by Gasteiger charge is -2.09. The molecule has 0 saturated heterocycles. The van der Waals surface area contributed by atoms with Crippen molar-refractivity contribution in [1.29, 1.82) is 0 Å². The maximum Gasteiger partial charge on any atom is 0.182 e. The summed E-state index contributed by atoms with van der Waals surface area (Å²) in [4.78, 5) is 0.224. The summed E-state index contributed by atoms with van der Waals surface area (Å²) in [5.74, 6) is -0.711. The van der Waals surface area contributed by atoms with E-state index >= 15 is 0 Å². The minimum Gasteiger partial charge on any atom is -0.326 e. The van der Waals surface area contributed by atoms with Crippen molar-refractivity contribution in [3.05, 3.63) is 65.5 Å². The molecule has 0 bridgehead atoms. The highest BCUT2D eigenvalue weighted by Crippen LogP contribution is 2.19. The average Bonchev–Trinajstić information content (AvgIpc) is 2.39. The summed E-state index contributed by atoms with van der Waals surface area (Å²) in [5.41, 5.74) is 6.59. The van der Waals surface area contributed by atoms with E-state index < -0.39 is 15.7 Å². The molecular formula is C14H14FNO2S. The van der Waals surface area contributed by atoms with E-state index in [1.54, 1.807) is 18.2 Å². The first-order valence-corrected chi connectivity index (χ1v) is 7.43. The number of hydrogen-bond donors (Lipinski definition) is 1. The molecular weight excluding hydrogens is 265 g/mol. The molecule has 0 aliphatic rings. The Bertz CT molecular complexity index is 669. The minimum atomic E-state index is -3.48. The van der Waals surface area contributed by atoms with Gasteiger partial charge in [-0.15, -0.1) is 0 Å². The van der Waals surface area contributed by atoms with Gasteiger partial charge in [0, 0.05) is 6.54 Å². The van der Waals surface area contributed by atoms with Gasteiger partial charge in [0.25, 0.3) is 0 Å². The Hall–Kier alpha value is -1.72. The standard InChI is InChI=1S/C14H14FNO2S/c15-13-7-6-11(9-16)12(8-13)10-19(17,18)14-4-2-1-3-5-14/h1-8H,9-10,16H2. The van der Waals surface area contributed by atoms with Crippen LogP contribution in [0.3, 0.4) is 0 Å². The van der Waals surface area contributed by atoms with Crippen LogP contribution in [-0.2, 0) is 22.1 Å². The summed E-state index contributed by atoms with van der Waals surface area (Å²) in [6.45, 7) is 0.180. The van der Waals surface area contributed by atoms with Crippen molar-refractivity contribution in [1.82, 2.24) is 0 Å². The van der Waals surface area contributed by atoms with Crippen molar-refractivity contribution in [2.75, 3.05) is 0 Å². The van der Waals surface area contributed by atoms with Crippen LogP contribution in [0.4, 0.5) is 4.39 Å². The van der Waals surface area contributed by atoms with Gasteiger partial charge in [-0.1, -0.05) is 24.3 Å². The zero-order valence-corrected chi connectivity index (χ0v) is 11.0. The predicted octanol–water partition coefficient (Wildman–Crippen LogP) is 2.26. The lowest BCUT2D eigenvalue weighted by atomic mass is 10.1. The van der Waals surface area contributed by atoms with E-state index in [-0.39, 0.29) is 17.2 Å². The van der Waals surface area contributed by atoms with Crippen LogP contribution in [0.25, 0.3) is 0 Å². The molecule has 0 fully saturated rings. The average molecular weight is 279 g/mol.